The van der Waals surface area contributed by atoms with Crippen LogP contribution in [0.15, 0.2) is 24.7 Å². The minimum absolute atomic E-state index is 0.0689. The van der Waals surface area contributed by atoms with E-state index in [1.807, 2.05) is 6.20 Å². The van der Waals surface area contributed by atoms with Gasteiger partial charge in [0.15, 0.2) is 5.69 Å². The predicted molar refractivity (Wildman–Crippen MR) is 88.8 cm³/mol. The van der Waals surface area contributed by atoms with Crippen molar-refractivity contribution in [3.63, 3.8) is 0 Å². The van der Waals surface area contributed by atoms with Gasteiger partial charge in [0.25, 0.3) is 0 Å². The van der Waals surface area contributed by atoms with E-state index >= 15 is 0 Å². The maximum Gasteiger partial charge on any atom is 0.358 e. The van der Waals surface area contributed by atoms with Gasteiger partial charge in [-0.1, -0.05) is 6.07 Å². The number of carbonyl (C=O) groups is 1. The zero-order valence-corrected chi connectivity index (χ0v) is 13.9. The van der Waals surface area contributed by atoms with Crippen LogP contribution in [0, 0.1) is 0 Å². The number of nitrogens with zero attached hydrogens (tertiary/aromatic N) is 5. The molecule has 0 radical (unpaired) electrons. The Morgan fingerprint density at radius 1 is 1.40 bits per heavy atom. The van der Waals surface area contributed by atoms with Gasteiger partial charge in [0.2, 0.25) is 0 Å². The van der Waals surface area contributed by atoms with Crippen LogP contribution in [0.4, 0.5) is 0 Å². The van der Waals surface area contributed by atoms with Crippen LogP contribution in [0.3, 0.4) is 0 Å². The van der Waals surface area contributed by atoms with Gasteiger partial charge in [-0.15, -0.1) is 5.10 Å². The van der Waals surface area contributed by atoms with Gasteiger partial charge in [-0.3, -0.25) is 0 Å². The summed E-state index contributed by atoms with van der Waals surface area (Å²) in [5.41, 5.74) is 4.13. The number of imidazole rings is 1. The van der Waals surface area contributed by atoms with Gasteiger partial charge in [-0.05, 0) is 36.3 Å². The molecule has 1 aliphatic carbocycles. The number of carboxylic acid groups (broad SMARTS) is 1. The number of fused-ring (bicyclic) bond motifs is 1. The normalized spacial score (nSPS) is 14.3. The van der Waals surface area contributed by atoms with Gasteiger partial charge in [-0.25, -0.2) is 9.78 Å². The third-order valence-electron chi connectivity index (χ3n) is 4.38. The molecule has 3 aromatic rings. The van der Waals surface area contributed by atoms with Gasteiger partial charge in [0.1, 0.15) is 12.2 Å². The molecule has 8 nitrogen and oxygen atoms in total. The Morgan fingerprint density at radius 3 is 2.92 bits per heavy atom. The number of hydrogen-bond donors (Lipinski definition) is 1. The number of pyridine rings is 1. The Morgan fingerprint density at radius 2 is 2.24 bits per heavy atom. The Balaban J connectivity index is 1.66. The van der Waals surface area contributed by atoms with Gasteiger partial charge >= 0.3 is 5.97 Å². The van der Waals surface area contributed by atoms with Crippen LogP contribution in [-0.4, -0.2) is 49.2 Å². The quantitative estimate of drug-likeness (QED) is 0.703. The third kappa shape index (κ3) is 3.25. The van der Waals surface area contributed by atoms with Crippen molar-refractivity contribution >= 4 is 11.6 Å². The molecular formula is C17H19N5O3. The van der Waals surface area contributed by atoms with Crippen molar-refractivity contribution in [2.75, 3.05) is 13.7 Å². The molecule has 0 atom stereocenters. The van der Waals surface area contributed by atoms with Crippen molar-refractivity contribution in [2.45, 2.75) is 31.7 Å². The van der Waals surface area contributed by atoms with Crippen molar-refractivity contribution in [3.05, 3.63) is 47.2 Å². The van der Waals surface area contributed by atoms with Crippen molar-refractivity contribution in [1.82, 2.24) is 24.4 Å². The SMILES string of the molecule is COCCc1cc(C2CC2)cn2cc(Cn3ncc(C(=O)O)n3)nc12. The molecule has 0 spiro atoms. The molecule has 0 amide bonds. The lowest BCUT2D eigenvalue weighted by Gasteiger charge is -2.07. The van der Waals surface area contributed by atoms with E-state index in [2.05, 4.69) is 26.9 Å². The predicted octanol–water partition coefficient (Wildman–Crippen LogP) is 1.74. The van der Waals surface area contributed by atoms with Gasteiger partial charge in [-0.2, -0.15) is 9.90 Å². The first kappa shape index (κ1) is 15.8. The van der Waals surface area contributed by atoms with Crippen LogP contribution in [0.5, 0.6) is 0 Å². The van der Waals surface area contributed by atoms with Gasteiger partial charge in [0.05, 0.1) is 18.5 Å². The first-order valence-corrected chi connectivity index (χ1v) is 8.27. The smallest absolute Gasteiger partial charge is 0.358 e. The minimum Gasteiger partial charge on any atom is -0.476 e. The number of ether oxygens (including phenoxy) is 1. The molecule has 8 heteroatoms. The molecule has 1 saturated carbocycles. The summed E-state index contributed by atoms with van der Waals surface area (Å²) in [6.07, 6.45) is 8.63. The van der Waals surface area contributed by atoms with E-state index in [0.29, 0.717) is 19.1 Å². The number of carboxylic acids is 1. The summed E-state index contributed by atoms with van der Waals surface area (Å²) in [5, 5.41) is 16.9. The van der Waals surface area contributed by atoms with Crippen molar-refractivity contribution in [2.24, 2.45) is 0 Å². The molecular weight excluding hydrogens is 322 g/mol. The molecule has 4 rings (SSSR count). The fourth-order valence-electron chi connectivity index (χ4n) is 2.97. The monoisotopic (exact) mass is 341 g/mol. The molecule has 3 aromatic heterocycles. The fourth-order valence-corrected chi connectivity index (χ4v) is 2.97. The standard InChI is InChI=1S/C17H19N5O3/c1-25-5-4-12-6-13(11-2-3-11)8-21-9-14(19-16(12)21)10-22-18-7-15(20-22)17(23)24/h6-9,11H,2-5,10H2,1H3,(H,23,24). The van der Waals surface area contributed by atoms with Crippen LogP contribution in [0.1, 0.15) is 46.1 Å². The number of rotatable bonds is 7. The summed E-state index contributed by atoms with van der Waals surface area (Å²) in [6.45, 7) is 0.978. The van der Waals surface area contributed by atoms with E-state index in [-0.39, 0.29) is 5.69 Å². The molecule has 1 N–H and O–H groups in total. The molecule has 0 aliphatic heterocycles. The van der Waals surface area contributed by atoms with Crippen molar-refractivity contribution in [3.8, 4) is 0 Å². The number of methoxy groups -OCH3 is 1. The Kier molecular flexibility index (Phi) is 3.96. The lowest BCUT2D eigenvalue weighted by atomic mass is 10.1. The maximum absolute atomic E-state index is 10.9. The first-order valence-electron chi connectivity index (χ1n) is 8.27. The van der Waals surface area contributed by atoms with Crippen molar-refractivity contribution < 1.29 is 14.6 Å². The van der Waals surface area contributed by atoms with E-state index in [0.717, 1.165) is 23.3 Å². The van der Waals surface area contributed by atoms with Gasteiger partial charge < -0.3 is 14.2 Å². The highest BCUT2D eigenvalue weighted by atomic mass is 16.5. The van der Waals surface area contributed by atoms with E-state index in [1.165, 1.54) is 29.4 Å². The molecule has 1 fully saturated rings. The highest BCUT2D eigenvalue weighted by molar-refractivity contribution is 5.84. The highest BCUT2D eigenvalue weighted by Crippen LogP contribution is 2.40. The van der Waals surface area contributed by atoms with E-state index < -0.39 is 5.97 Å². The maximum atomic E-state index is 10.9. The number of aromatic carboxylic acids is 1. The summed E-state index contributed by atoms with van der Waals surface area (Å²) < 4.78 is 7.27. The van der Waals surface area contributed by atoms with Crippen LogP contribution < -0.4 is 0 Å². The Hall–Kier alpha value is -2.74. The average molecular weight is 341 g/mol. The second-order valence-electron chi connectivity index (χ2n) is 6.34. The van der Waals surface area contributed by atoms with E-state index in [9.17, 15) is 4.79 Å². The molecule has 1 aliphatic rings. The molecule has 0 bridgehead atoms. The summed E-state index contributed by atoms with van der Waals surface area (Å²) in [4.78, 5) is 17.0. The minimum atomic E-state index is -1.09. The van der Waals surface area contributed by atoms with E-state index in [4.69, 9.17) is 14.8 Å². The zero-order valence-electron chi connectivity index (χ0n) is 13.9. The molecule has 130 valence electrons. The molecule has 0 saturated heterocycles. The summed E-state index contributed by atoms with van der Waals surface area (Å²) in [6, 6.07) is 2.23. The first-order chi connectivity index (χ1) is 12.1. The molecule has 3 heterocycles. The topological polar surface area (TPSA) is 94.5 Å². The van der Waals surface area contributed by atoms with Crippen LogP contribution in [-0.2, 0) is 17.7 Å². The third-order valence-corrected chi connectivity index (χ3v) is 4.38. The Labute approximate surface area is 144 Å². The number of hydrogen-bond acceptors (Lipinski definition) is 5. The zero-order chi connectivity index (χ0) is 17.4. The second kappa shape index (κ2) is 6.29. The molecule has 25 heavy (non-hydrogen) atoms. The lowest BCUT2D eigenvalue weighted by Crippen LogP contribution is -2.06. The summed E-state index contributed by atoms with van der Waals surface area (Å²) in [7, 11) is 1.70. The van der Waals surface area contributed by atoms with Crippen LogP contribution in [0.2, 0.25) is 0 Å². The summed E-state index contributed by atoms with van der Waals surface area (Å²) in [5.74, 6) is -0.431. The number of aromatic nitrogens is 5. The average Bonchev–Trinajstić information content (AvgIpc) is 3.20. The molecule has 0 aromatic carbocycles. The van der Waals surface area contributed by atoms with E-state index in [1.54, 1.807) is 7.11 Å². The molecule has 0 unspecified atom stereocenters. The summed E-state index contributed by atoms with van der Waals surface area (Å²) >= 11 is 0. The lowest BCUT2D eigenvalue weighted by molar-refractivity contribution is 0.0689. The van der Waals surface area contributed by atoms with Crippen molar-refractivity contribution in [1.29, 1.82) is 0 Å². The van der Waals surface area contributed by atoms with Crippen LogP contribution >= 0.6 is 0 Å². The largest absolute Gasteiger partial charge is 0.476 e. The fraction of sp³-hybridized carbons (Fsp3) is 0.412. The highest BCUT2D eigenvalue weighted by Gasteiger charge is 2.25. The van der Waals surface area contributed by atoms with Crippen LogP contribution in [0.25, 0.3) is 5.65 Å². The van der Waals surface area contributed by atoms with Gasteiger partial charge in [0, 0.05) is 19.5 Å². The Bertz CT molecular complexity index is 926. The second-order valence-corrected chi connectivity index (χ2v) is 6.34.